The molecule has 0 saturated carbocycles. The number of rotatable bonds is 7. The maximum atomic E-state index is 14.1. The van der Waals surface area contributed by atoms with Crippen molar-refractivity contribution in [3.63, 3.8) is 0 Å². The number of hydrogen-bond acceptors (Lipinski definition) is 7. The zero-order valence-electron chi connectivity index (χ0n) is 23.1. The molecule has 8 nitrogen and oxygen atoms in total. The normalized spacial score (nSPS) is 18.6. The van der Waals surface area contributed by atoms with E-state index in [0.29, 0.717) is 28.2 Å². The number of aliphatic hydroxyl groups is 1. The number of hydrogen-bond donors (Lipinski definition) is 1. The summed E-state index contributed by atoms with van der Waals surface area (Å²) >= 11 is 0.754. The Balaban J connectivity index is 1.33. The summed E-state index contributed by atoms with van der Waals surface area (Å²) in [6.45, 7) is 3.70. The Hall–Kier alpha value is -4.37. The van der Waals surface area contributed by atoms with Gasteiger partial charge in [0.15, 0.2) is 11.0 Å². The second kappa shape index (κ2) is 12.0. The molecule has 0 spiro atoms. The Morgan fingerprint density at radius 3 is 2.30 bits per heavy atom. The van der Waals surface area contributed by atoms with Crippen LogP contribution in [0.2, 0.25) is 0 Å². The average molecular weight is 635 g/mol. The summed E-state index contributed by atoms with van der Waals surface area (Å²) < 4.78 is 84.6. The van der Waals surface area contributed by atoms with Gasteiger partial charge in [-0.3, -0.25) is 4.90 Å². The standard InChI is InChI=1S/C29H24F6N6O2S/c1-18(2)23-5-3-4-6-24(23)41-26(44-16-27(41,42)28(30,31)32)38-37-15-19-7-9-20(10-8-19)25-36-17-40(39-25)21-11-13-22(14-12-21)43-29(33,34)35/h3-15,17-18,42H,16H2,1-2H3/b37-15-,38-26+. The summed E-state index contributed by atoms with van der Waals surface area (Å²) in [4.78, 5) is 5.04. The second-order valence-electron chi connectivity index (χ2n) is 9.96. The molecular weight excluding hydrogens is 610 g/mol. The molecule has 1 N–H and O–H groups in total. The van der Waals surface area contributed by atoms with Crippen LogP contribution >= 0.6 is 11.8 Å². The zero-order chi connectivity index (χ0) is 31.7. The summed E-state index contributed by atoms with van der Waals surface area (Å²) in [5.74, 6) is -0.800. The van der Waals surface area contributed by atoms with Crippen molar-refractivity contribution in [2.45, 2.75) is 38.0 Å². The van der Waals surface area contributed by atoms with E-state index in [9.17, 15) is 31.4 Å². The molecule has 5 rings (SSSR count). The summed E-state index contributed by atoms with van der Waals surface area (Å²) in [5, 5.41) is 23.1. The molecule has 1 atom stereocenters. The van der Waals surface area contributed by atoms with Crippen LogP contribution < -0.4 is 9.64 Å². The van der Waals surface area contributed by atoms with Gasteiger partial charge in [0, 0.05) is 11.3 Å². The number of alkyl halides is 6. The van der Waals surface area contributed by atoms with Gasteiger partial charge in [-0.1, -0.05) is 68.1 Å². The van der Waals surface area contributed by atoms with E-state index in [2.05, 4.69) is 25.0 Å². The van der Waals surface area contributed by atoms with E-state index < -0.39 is 24.0 Å². The van der Waals surface area contributed by atoms with E-state index in [1.807, 2.05) is 13.8 Å². The van der Waals surface area contributed by atoms with E-state index >= 15 is 0 Å². The molecule has 0 radical (unpaired) electrons. The fraction of sp³-hybridized carbons (Fsp3) is 0.241. The lowest BCUT2D eigenvalue weighted by atomic mass is 9.99. The first kappa shape index (κ1) is 31.1. The number of anilines is 1. The summed E-state index contributed by atoms with van der Waals surface area (Å²) in [6, 6.07) is 18.5. The monoisotopic (exact) mass is 634 g/mol. The first-order chi connectivity index (χ1) is 20.7. The highest BCUT2D eigenvalue weighted by Gasteiger charge is 2.63. The molecule has 1 fully saturated rings. The maximum absolute atomic E-state index is 14.1. The van der Waals surface area contributed by atoms with Crippen molar-refractivity contribution in [3.05, 3.63) is 90.3 Å². The first-order valence-corrected chi connectivity index (χ1v) is 14.0. The average Bonchev–Trinajstić information content (AvgIpc) is 3.59. The molecule has 15 heteroatoms. The molecule has 44 heavy (non-hydrogen) atoms. The number of nitrogens with zero attached hydrogens (tertiary/aromatic N) is 6. The van der Waals surface area contributed by atoms with Gasteiger partial charge < -0.3 is 9.84 Å². The van der Waals surface area contributed by atoms with Gasteiger partial charge in [-0.2, -0.15) is 18.3 Å². The largest absolute Gasteiger partial charge is 0.573 e. The highest BCUT2D eigenvalue weighted by Crippen LogP contribution is 2.47. The number of para-hydroxylation sites is 1. The lowest BCUT2D eigenvalue weighted by molar-refractivity contribution is -0.274. The van der Waals surface area contributed by atoms with Crippen molar-refractivity contribution in [3.8, 4) is 22.8 Å². The molecule has 4 aromatic rings. The van der Waals surface area contributed by atoms with Crippen LogP contribution in [-0.2, 0) is 0 Å². The van der Waals surface area contributed by atoms with Crippen LogP contribution in [0.5, 0.6) is 5.75 Å². The van der Waals surface area contributed by atoms with Crippen molar-refractivity contribution in [2.24, 2.45) is 10.2 Å². The minimum atomic E-state index is -4.95. The first-order valence-electron chi connectivity index (χ1n) is 13.1. The van der Waals surface area contributed by atoms with Crippen molar-refractivity contribution in [2.75, 3.05) is 10.7 Å². The number of aromatic nitrogens is 3. The third-order valence-corrected chi connectivity index (χ3v) is 7.63. The van der Waals surface area contributed by atoms with Gasteiger partial charge in [-0.25, -0.2) is 9.67 Å². The molecule has 1 aliphatic rings. The third-order valence-electron chi connectivity index (χ3n) is 6.56. The van der Waals surface area contributed by atoms with Gasteiger partial charge in [0.1, 0.15) is 12.1 Å². The van der Waals surface area contributed by atoms with Crippen molar-refractivity contribution >= 4 is 28.8 Å². The van der Waals surface area contributed by atoms with Crippen LogP contribution in [0.3, 0.4) is 0 Å². The van der Waals surface area contributed by atoms with E-state index in [1.54, 1.807) is 42.5 Å². The predicted molar refractivity (Wildman–Crippen MR) is 155 cm³/mol. The van der Waals surface area contributed by atoms with Crippen LogP contribution in [0.1, 0.15) is 30.9 Å². The lowest BCUT2D eigenvalue weighted by Gasteiger charge is -2.36. The molecule has 1 aliphatic heterocycles. The number of ether oxygens (including phenoxy) is 1. The minimum Gasteiger partial charge on any atom is -0.406 e. The highest BCUT2D eigenvalue weighted by atomic mass is 32.2. The Bertz CT molecular complexity index is 1670. The molecule has 2 heterocycles. The lowest BCUT2D eigenvalue weighted by Crippen LogP contribution is -2.58. The topological polar surface area (TPSA) is 88.1 Å². The number of halogens is 6. The molecule has 230 valence electrons. The van der Waals surface area contributed by atoms with Gasteiger partial charge >= 0.3 is 12.5 Å². The van der Waals surface area contributed by atoms with Crippen LogP contribution in [0, 0.1) is 0 Å². The van der Waals surface area contributed by atoms with Crippen LogP contribution in [-0.4, -0.2) is 55.3 Å². The summed E-state index contributed by atoms with van der Waals surface area (Å²) in [6.07, 6.45) is -6.97. The summed E-state index contributed by atoms with van der Waals surface area (Å²) in [7, 11) is 0. The van der Waals surface area contributed by atoms with Crippen molar-refractivity contribution < 1.29 is 36.2 Å². The van der Waals surface area contributed by atoms with Crippen molar-refractivity contribution in [1.29, 1.82) is 0 Å². The summed E-state index contributed by atoms with van der Waals surface area (Å²) in [5.41, 5.74) is -0.665. The molecule has 1 saturated heterocycles. The SMILES string of the molecule is CC(C)c1ccccc1N1/C(=N\N=C/c2ccc(-c3ncn(-c4ccc(OC(F)(F)F)cc4)n3)cc2)SCC1(O)C(F)(F)F. The van der Waals surface area contributed by atoms with Gasteiger partial charge in [-0.05, 0) is 47.4 Å². The second-order valence-corrected chi connectivity index (χ2v) is 10.9. The Kier molecular flexibility index (Phi) is 8.44. The Labute approximate surface area is 251 Å². The molecular formula is C29H24F6N6O2S. The molecule has 3 aromatic carbocycles. The van der Waals surface area contributed by atoms with E-state index in [4.69, 9.17) is 0 Å². The van der Waals surface area contributed by atoms with Gasteiger partial charge in [0.25, 0.3) is 5.72 Å². The molecule has 1 unspecified atom stereocenters. The predicted octanol–water partition coefficient (Wildman–Crippen LogP) is 7.15. The van der Waals surface area contributed by atoms with Crippen LogP contribution in [0.15, 0.2) is 89.3 Å². The Morgan fingerprint density at radius 2 is 1.66 bits per heavy atom. The van der Waals surface area contributed by atoms with Crippen LogP contribution in [0.4, 0.5) is 32.0 Å². The Morgan fingerprint density at radius 1 is 0.977 bits per heavy atom. The zero-order valence-corrected chi connectivity index (χ0v) is 23.9. The number of benzene rings is 3. The van der Waals surface area contributed by atoms with Crippen LogP contribution in [0.25, 0.3) is 17.1 Å². The number of amidine groups is 1. The fourth-order valence-corrected chi connectivity index (χ4v) is 5.51. The molecule has 0 amide bonds. The van der Waals surface area contributed by atoms with E-state index in [-0.39, 0.29) is 22.5 Å². The molecule has 0 aliphatic carbocycles. The van der Waals surface area contributed by atoms with Crippen molar-refractivity contribution in [1.82, 2.24) is 14.8 Å². The maximum Gasteiger partial charge on any atom is 0.573 e. The van der Waals surface area contributed by atoms with E-state index in [0.717, 1.165) is 28.8 Å². The quantitative estimate of drug-likeness (QED) is 0.132. The van der Waals surface area contributed by atoms with Gasteiger partial charge in [0.05, 0.1) is 17.7 Å². The third kappa shape index (κ3) is 6.58. The smallest absolute Gasteiger partial charge is 0.406 e. The molecule has 0 bridgehead atoms. The highest BCUT2D eigenvalue weighted by molar-refractivity contribution is 8.14. The molecule has 1 aromatic heterocycles. The number of thioether (sulfide) groups is 1. The minimum absolute atomic E-state index is 0.0986. The van der Waals surface area contributed by atoms with E-state index in [1.165, 1.54) is 35.4 Å². The van der Waals surface area contributed by atoms with Gasteiger partial charge in [-0.15, -0.1) is 23.4 Å². The van der Waals surface area contributed by atoms with Gasteiger partial charge in [0.2, 0.25) is 0 Å². The fourth-order valence-electron chi connectivity index (χ4n) is 4.40.